The Kier molecular flexibility index (Phi) is 7.47. The van der Waals surface area contributed by atoms with Gasteiger partial charge in [0.2, 0.25) is 5.91 Å². The van der Waals surface area contributed by atoms with Gasteiger partial charge in [0.05, 0.1) is 18.1 Å². The number of carbonyl (C=O) groups excluding carboxylic acids is 2. The summed E-state index contributed by atoms with van der Waals surface area (Å²) >= 11 is 0. The van der Waals surface area contributed by atoms with Gasteiger partial charge in [-0.2, -0.15) is 0 Å². The molecule has 3 heterocycles. The van der Waals surface area contributed by atoms with Crippen molar-refractivity contribution >= 4 is 28.7 Å². The van der Waals surface area contributed by atoms with Crippen molar-refractivity contribution in [3.05, 3.63) is 71.9 Å². The van der Waals surface area contributed by atoms with Crippen LogP contribution in [0.25, 0.3) is 22.4 Å². The number of nitrogens with one attached hydrogen (secondary N) is 3. The largest absolute Gasteiger partial charge is 0.497 e. The fourth-order valence-electron chi connectivity index (χ4n) is 4.85. The third-order valence-corrected chi connectivity index (χ3v) is 7.03. The summed E-state index contributed by atoms with van der Waals surface area (Å²) in [6, 6.07) is 18.8. The minimum atomic E-state index is -1.02. The number of fused-ring (bicyclic) bond motifs is 1. The molecule has 0 bridgehead atoms. The van der Waals surface area contributed by atoms with Crippen LogP contribution in [-0.4, -0.2) is 70.1 Å². The average molecular weight is 529 g/mol. The van der Waals surface area contributed by atoms with E-state index in [4.69, 9.17) is 14.7 Å². The summed E-state index contributed by atoms with van der Waals surface area (Å²) in [5.41, 5.74) is 1.56. The minimum Gasteiger partial charge on any atom is -0.497 e. The molecular weight excluding hydrogens is 496 g/mol. The Morgan fingerprint density at radius 3 is 2.54 bits per heavy atom. The van der Waals surface area contributed by atoms with Crippen molar-refractivity contribution in [1.82, 2.24) is 25.2 Å². The van der Waals surface area contributed by atoms with Crippen LogP contribution in [0.5, 0.6) is 5.75 Å². The molecule has 1 fully saturated rings. The van der Waals surface area contributed by atoms with Crippen molar-refractivity contribution in [2.24, 2.45) is 0 Å². The van der Waals surface area contributed by atoms with E-state index < -0.39 is 5.60 Å². The van der Waals surface area contributed by atoms with E-state index in [9.17, 15) is 14.7 Å². The van der Waals surface area contributed by atoms with Gasteiger partial charge in [-0.25, -0.2) is 9.97 Å². The molecule has 0 aliphatic carbocycles. The summed E-state index contributed by atoms with van der Waals surface area (Å²) in [4.78, 5) is 39.1. The number of piperidine rings is 1. The van der Waals surface area contributed by atoms with Crippen molar-refractivity contribution in [3.8, 4) is 17.1 Å². The first-order valence-corrected chi connectivity index (χ1v) is 13.0. The van der Waals surface area contributed by atoms with E-state index in [1.165, 1.54) is 6.92 Å². The van der Waals surface area contributed by atoms with Crippen LogP contribution < -0.4 is 15.4 Å². The topological polar surface area (TPSA) is 132 Å². The number of likely N-dealkylation sites (tertiary alicyclic amines) is 1. The highest BCUT2D eigenvalue weighted by Crippen LogP contribution is 2.35. The first-order chi connectivity index (χ1) is 18.9. The van der Waals surface area contributed by atoms with E-state index in [0.29, 0.717) is 73.1 Å². The number of carbonyl (C=O) groups is 2. The number of aromatic nitrogens is 3. The number of amides is 2. The van der Waals surface area contributed by atoms with Gasteiger partial charge in [0.1, 0.15) is 22.9 Å². The van der Waals surface area contributed by atoms with Gasteiger partial charge in [-0.1, -0.05) is 42.5 Å². The lowest BCUT2D eigenvalue weighted by Crippen LogP contribution is -2.45. The third kappa shape index (κ3) is 5.70. The molecular formula is C29H32N6O4. The van der Waals surface area contributed by atoms with E-state index in [1.54, 1.807) is 18.1 Å². The second-order valence-electron chi connectivity index (χ2n) is 9.67. The molecule has 1 aliphatic heterocycles. The number of rotatable bonds is 8. The van der Waals surface area contributed by atoms with Crippen molar-refractivity contribution in [3.63, 3.8) is 0 Å². The minimum absolute atomic E-state index is 0.107. The van der Waals surface area contributed by atoms with Crippen molar-refractivity contribution in [2.45, 2.75) is 25.4 Å². The Morgan fingerprint density at radius 1 is 1.05 bits per heavy atom. The Hall–Kier alpha value is -4.44. The summed E-state index contributed by atoms with van der Waals surface area (Å²) in [6.07, 6.45) is 0.833. The van der Waals surface area contributed by atoms with Crippen LogP contribution >= 0.6 is 0 Å². The van der Waals surface area contributed by atoms with Crippen LogP contribution in [-0.2, 0) is 10.4 Å². The summed E-state index contributed by atoms with van der Waals surface area (Å²) in [5.74, 6) is 1.52. The Bertz CT molecular complexity index is 1480. The molecule has 39 heavy (non-hydrogen) atoms. The highest BCUT2D eigenvalue weighted by molar-refractivity contribution is 6.00. The molecule has 4 aromatic rings. The molecule has 0 radical (unpaired) electrons. The average Bonchev–Trinajstić information content (AvgIpc) is 3.40. The Labute approximate surface area is 226 Å². The first kappa shape index (κ1) is 26.2. The summed E-state index contributed by atoms with van der Waals surface area (Å²) in [7, 11) is 1.60. The van der Waals surface area contributed by atoms with Gasteiger partial charge in [0.25, 0.3) is 5.91 Å². The normalized spacial score (nSPS) is 14.7. The summed E-state index contributed by atoms with van der Waals surface area (Å²) in [5, 5.41) is 18.0. The highest BCUT2D eigenvalue weighted by Gasteiger charge is 2.36. The van der Waals surface area contributed by atoms with Gasteiger partial charge in [-0.15, -0.1) is 0 Å². The second kappa shape index (κ2) is 11.1. The lowest BCUT2D eigenvalue weighted by molar-refractivity contribution is -0.118. The zero-order chi connectivity index (χ0) is 27.4. The zero-order valence-corrected chi connectivity index (χ0v) is 22.0. The number of ether oxygens (including phenoxy) is 1. The predicted octanol–water partition coefficient (Wildman–Crippen LogP) is 3.31. The maximum atomic E-state index is 13.5. The van der Waals surface area contributed by atoms with Gasteiger partial charge in [0, 0.05) is 38.7 Å². The van der Waals surface area contributed by atoms with Crippen molar-refractivity contribution in [1.29, 1.82) is 0 Å². The fraction of sp³-hybridized carbons (Fsp3) is 0.310. The maximum absolute atomic E-state index is 13.5. The zero-order valence-electron chi connectivity index (χ0n) is 22.0. The lowest BCUT2D eigenvalue weighted by Gasteiger charge is -2.38. The molecule has 5 rings (SSSR count). The SMILES string of the molecule is COc1cccc(C2(O)CCN(C(=O)c3cc4c(NCCNC(C)=O)nc(-c5ccccc5)nc4[nH]3)CC2)c1. The van der Waals surface area contributed by atoms with Crippen LogP contribution in [0.3, 0.4) is 0 Å². The van der Waals surface area contributed by atoms with Crippen molar-refractivity contribution < 1.29 is 19.4 Å². The lowest BCUT2D eigenvalue weighted by atomic mass is 9.84. The standard InChI is InChI=1S/C29H32N6O4/c1-19(36)30-13-14-31-26-23-18-24(32-27(23)34-25(33-26)20-7-4-3-5-8-20)28(37)35-15-11-29(38,12-16-35)21-9-6-10-22(17-21)39-2/h3-10,17-18,38H,11-16H2,1-2H3,(H,30,36)(H2,31,32,33,34). The number of hydrogen-bond donors (Lipinski definition) is 4. The molecule has 202 valence electrons. The Morgan fingerprint density at radius 2 is 1.82 bits per heavy atom. The molecule has 0 saturated carbocycles. The molecule has 1 saturated heterocycles. The van der Waals surface area contributed by atoms with E-state index in [2.05, 4.69) is 15.6 Å². The number of aromatic amines is 1. The quantitative estimate of drug-likeness (QED) is 0.258. The third-order valence-electron chi connectivity index (χ3n) is 7.03. The molecule has 4 N–H and O–H groups in total. The maximum Gasteiger partial charge on any atom is 0.270 e. The van der Waals surface area contributed by atoms with Crippen LogP contribution in [0, 0.1) is 0 Å². The van der Waals surface area contributed by atoms with Gasteiger partial charge in [0.15, 0.2) is 5.82 Å². The summed E-state index contributed by atoms with van der Waals surface area (Å²) in [6.45, 7) is 3.18. The molecule has 0 unspecified atom stereocenters. The Balaban J connectivity index is 1.37. The second-order valence-corrected chi connectivity index (χ2v) is 9.67. The monoisotopic (exact) mass is 528 g/mol. The molecule has 2 aromatic carbocycles. The van der Waals surface area contributed by atoms with Gasteiger partial charge >= 0.3 is 0 Å². The van der Waals surface area contributed by atoms with Gasteiger partial charge in [-0.05, 0) is 36.6 Å². The number of methoxy groups -OCH3 is 1. The molecule has 10 nitrogen and oxygen atoms in total. The van der Waals surface area contributed by atoms with E-state index >= 15 is 0 Å². The number of hydrogen-bond acceptors (Lipinski definition) is 7. The molecule has 0 spiro atoms. The van der Waals surface area contributed by atoms with Gasteiger partial charge in [-0.3, -0.25) is 9.59 Å². The number of benzene rings is 2. The molecule has 10 heteroatoms. The first-order valence-electron chi connectivity index (χ1n) is 13.0. The molecule has 2 aromatic heterocycles. The summed E-state index contributed by atoms with van der Waals surface area (Å²) < 4.78 is 5.31. The van der Waals surface area contributed by atoms with Crippen LogP contribution in [0.2, 0.25) is 0 Å². The van der Waals surface area contributed by atoms with Crippen LogP contribution in [0.1, 0.15) is 35.8 Å². The highest BCUT2D eigenvalue weighted by atomic mass is 16.5. The van der Waals surface area contributed by atoms with E-state index in [-0.39, 0.29) is 11.8 Å². The predicted molar refractivity (Wildman–Crippen MR) is 149 cm³/mol. The molecule has 2 amide bonds. The molecule has 0 atom stereocenters. The number of nitrogens with zero attached hydrogens (tertiary/aromatic N) is 3. The smallest absolute Gasteiger partial charge is 0.270 e. The fourth-order valence-corrected chi connectivity index (χ4v) is 4.85. The van der Waals surface area contributed by atoms with Gasteiger partial charge < -0.3 is 30.4 Å². The number of H-pyrrole nitrogens is 1. The van der Waals surface area contributed by atoms with E-state index in [0.717, 1.165) is 11.1 Å². The van der Waals surface area contributed by atoms with Crippen LogP contribution in [0.15, 0.2) is 60.7 Å². The van der Waals surface area contributed by atoms with Crippen LogP contribution in [0.4, 0.5) is 5.82 Å². The molecule has 1 aliphatic rings. The van der Waals surface area contributed by atoms with E-state index in [1.807, 2.05) is 54.6 Å². The van der Waals surface area contributed by atoms with Crippen molar-refractivity contribution in [2.75, 3.05) is 38.6 Å². The number of anilines is 1. The number of aliphatic hydroxyl groups is 1.